The SMILES string of the molecule is CNCC1CCCN1S(=O)(=O)c1ccc(OC(F)F)c(Cl)c1. The summed E-state index contributed by atoms with van der Waals surface area (Å²) in [5, 5.41) is 2.81. The average molecular weight is 355 g/mol. The van der Waals surface area contributed by atoms with Crippen LogP contribution in [0.15, 0.2) is 23.1 Å². The van der Waals surface area contributed by atoms with Crippen LogP contribution in [0.3, 0.4) is 0 Å². The molecule has 9 heteroatoms. The summed E-state index contributed by atoms with van der Waals surface area (Å²) in [6.45, 7) is -2.03. The lowest BCUT2D eigenvalue weighted by Gasteiger charge is -2.24. The van der Waals surface area contributed by atoms with Crippen molar-refractivity contribution < 1.29 is 21.9 Å². The van der Waals surface area contributed by atoms with Crippen LogP contribution in [0.25, 0.3) is 0 Å². The van der Waals surface area contributed by atoms with Crippen molar-refractivity contribution in [2.45, 2.75) is 30.4 Å². The third-order valence-corrected chi connectivity index (χ3v) is 5.73. The Hall–Kier alpha value is -0.960. The second kappa shape index (κ2) is 7.08. The van der Waals surface area contributed by atoms with Crippen molar-refractivity contribution in [1.29, 1.82) is 0 Å². The molecule has 1 aliphatic heterocycles. The average Bonchev–Trinajstić information content (AvgIpc) is 2.90. The van der Waals surface area contributed by atoms with E-state index in [4.69, 9.17) is 11.6 Å². The van der Waals surface area contributed by atoms with Crippen LogP contribution in [0, 0.1) is 0 Å². The first-order chi connectivity index (χ1) is 10.4. The highest BCUT2D eigenvalue weighted by Gasteiger charge is 2.35. The van der Waals surface area contributed by atoms with Gasteiger partial charge in [0.2, 0.25) is 10.0 Å². The normalized spacial score (nSPS) is 19.8. The Labute approximate surface area is 133 Å². The van der Waals surface area contributed by atoms with E-state index >= 15 is 0 Å². The molecule has 1 unspecified atom stereocenters. The van der Waals surface area contributed by atoms with E-state index in [1.807, 2.05) is 0 Å². The van der Waals surface area contributed by atoms with Crippen LogP contribution in [-0.2, 0) is 10.0 Å². The van der Waals surface area contributed by atoms with E-state index in [1.165, 1.54) is 10.4 Å². The molecule has 1 heterocycles. The van der Waals surface area contributed by atoms with Gasteiger partial charge < -0.3 is 10.1 Å². The number of hydrogen-bond donors (Lipinski definition) is 1. The van der Waals surface area contributed by atoms with Crippen LogP contribution < -0.4 is 10.1 Å². The lowest BCUT2D eigenvalue weighted by atomic mass is 10.2. The standard InChI is InChI=1S/C13H17ClF2N2O3S/c1-17-8-9-3-2-6-18(9)22(19,20)10-4-5-12(11(14)7-10)21-13(15)16/h4-5,7,9,13,17H,2-3,6,8H2,1H3. The molecular formula is C13H17ClF2N2O3S. The Balaban J connectivity index is 2.28. The summed E-state index contributed by atoms with van der Waals surface area (Å²) in [6, 6.07) is 3.40. The number of sulfonamides is 1. The molecule has 0 bridgehead atoms. The van der Waals surface area contributed by atoms with E-state index in [1.54, 1.807) is 7.05 Å². The summed E-state index contributed by atoms with van der Waals surface area (Å²) < 4.78 is 55.4. The van der Waals surface area contributed by atoms with E-state index in [0.717, 1.165) is 25.0 Å². The molecule has 1 saturated heterocycles. The van der Waals surface area contributed by atoms with Gasteiger partial charge in [0.15, 0.2) is 0 Å². The fraction of sp³-hybridized carbons (Fsp3) is 0.538. The molecule has 0 saturated carbocycles. The van der Waals surface area contributed by atoms with Gasteiger partial charge in [0.25, 0.3) is 0 Å². The maximum atomic E-state index is 12.7. The largest absolute Gasteiger partial charge is 0.433 e. The van der Waals surface area contributed by atoms with Crippen LogP contribution in [0.5, 0.6) is 5.75 Å². The summed E-state index contributed by atoms with van der Waals surface area (Å²) >= 11 is 5.83. The van der Waals surface area contributed by atoms with Crippen LogP contribution in [0.1, 0.15) is 12.8 Å². The van der Waals surface area contributed by atoms with Crippen molar-refractivity contribution in [3.8, 4) is 5.75 Å². The highest BCUT2D eigenvalue weighted by Crippen LogP contribution is 2.32. The van der Waals surface area contributed by atoms with Gasteiger partial charge in [-0.05, 0) is 38.1 Å². The first-order valence-electron chi connectivity index (χ1n) is 6.77. The van der Waals surface area contributed by atoms with Gasteiger partial charge in [-0.15, -0.1) is 0 Å². The number of ether oxygens (including phenoxy) is 1. The number of nitrogens with one attached hydrogen (secondary N) is 1. The lowest BCUT2D eigenvalue weighted by molar-refractivity contribution is -0.0498. The molecule has 1 N–H and O–H groups in total. The smallest absolute Gasteiger partial charge is 0.387 e. The molecule has 2 rings (SSSR count). The van der Waals surface area contributed by atoms with Crippen LogP contribution in [-0.4, -0.2) is 45.5 Å². The Kier molecular flexibility index (Phi) is 5.60. The molecule has 0 spiro atoms. The molecule has 1 aromatic carbocycles. The summed E-state index contributed by atoms with van der Waals surface area (Å²) in [6.07, 6.45) is 1.56. The van der Waals surface area contributed by atoms with Gasteiger partial charge in [-0.2, -0.15) is 13.1 Å². The zero-order valence-electron chi connectivity index (χ0n) is 11.9. The Morgan fingerprint density at radius 1 is 1.50 bits per heavy atom. The van der Waals surface area contributed by atoms with Gasteiger partial charge in [-0.3, -0.25) is 0 Å². The van der Waals surface area contributed by atoms with Crippen molar-refractivity contribution in [2.24, 2.45) is 0 Å². The Morgan fingerprint density at radius 2 is 2.23 bits per heavy atom. The van der Waals surface area contributed by atoms with Crippen LogP contribution in [0.2, 0.25) is 5.02 Å². The van der Waals surface area contributed by atoms with E-state index in [2.05, 4.69) is 10.1 Å². The number of alkyl halides is 2. The minimum atomic E-state index is -3.71. The summed E-state index contributed by atoms with van der Waals surface area (Å²) in [5.41, 5.74) is 0. The molecular weight excluding hydrogens is 338 g/mol. The zero-order valence-corrected chi connectivity index (χ0v) is 13.5. The molecule has 5 nitrogen and oxygen atoms in total. The molecule has 1 atom stereocenters. The number of nitrogens with zero attached hydrogens (tertiary/aromatic N) is 1. The van der Waals surface area contributed by atoms with Crippen LogP contribution in [0.4, 0.5) is 8.78 Å². The minimum Gasteiger partial charge on any atom is -0.433 e. The van der Waals surface area contributed by atoms with Gasteiger partial charge in [-0.25, -0.2) is 8.42 Å². The van der Waals surface area contributed by atoms with Crippen molar-refractivity contribution in [1.82, 2.24) is 9.62 Å². The van der Waals surface area contributed by atoms with Crippen LogP contribution >= 0.6 is 11.6 Å². The van der Waals surface area contributed by atoms with E-state index in [0.29, 0.717) is 13.1 Å². The molecule has 1 fully saturated rings. The molecule has 124 valence electrons. The fourth-order valence-corrected chi connectivity index (χ4v) is 4.54. The van der Waals surface area contributed by atoms with Gasteiger partial charge >= 0.3 is 6.61 Å². The second-order valence-corrected chi connectivity index (χ2v) is 7.24. The van der Waals surface area contributed by atoms with Crippen molar-refractivity contribution >= 4 is 21.6 Å². The molecule has 0 aromatic heterocycles. The van der Waals surface area contributed by atoms with Crippen molar-refractivity contribution in [2.75, 3.05) is 20.1 Å². The third kappa shape index (κ3) is 3.68. The topological polar surface area (TPSA) is 58.6 Å². The maximum absolute atomic E-state index is 12.7. The van der Waals surface area contributed by atoms with Crippen molar-refractivity contribution in [3.63, 3.8) is 0 Å². The first kappa shape index (κ1) is 17.4. The highest BCUT2D eigenvalue weighted by atomic mass is 35.5. The molecule has 0 amide bonds. The van der Waals surface area contributed by atoms with Gasteiger partial charge in [0.1, 0.15) is 5.75 Å². The number of halogens is 3. The monoisotopic (exact) mass is 354 g/mol. The predicted molar refractivity (Wildman–Crippen MR) is 78.9 cm³/mol. The number of benzene rings is 1. The number of hydrogen-bond acceptors (Lipinski definition) is 4. The maximum Gasteiger partial charge on any atom is 0.387 e. The van der Waals surface area contributed by atoms with Crippen molar-refractivity contribution in [3.05, 3.63) is 23.2 Å². The highest BCUT2D eigenvalue weighted by molar-refractivity contribution is 7.89. The van der Waals surface area contributed by atoms with Gasteiger partial charge in [-0.1, -0.05) is 11.6 Å². The fourth-order valence-electron chi connectivity index (χ4n) is 2.53. The Morgan fingerprint density at radius 3 is 2.82 bits per heavy atom. The number of likely N-dealkylation sites (N-methyl/N-ethyl adjacent to an activating group) is 1. The Bertz CT molecular complexity index is 628. The van der Waals surface area contributed by atoms with Gasteiger partial charge in [0, 0.05) is 19.1 Å². The zero-order chi connectivity index (χ0) is 16.3. The lowest BCUT2D eigenvalue weighted by Crippen LogP contribution is -2.40. The van der Waals surface area contributed by atoms with E-state index in [9.17, 15) is 17.2 Å². The summed E-state index contributed by atoms with van der Waals surface area (Å²) in [4.78, 5) is -0.0258. The third-order valence-electron chi connectivity index (χ3n) is 3.49. The molecule has 22 heavy (non-hydrogen) atoms. The minimum absolute atomic E-state index is 0.0258. The molecule has 0 radical (unpaired) electrons. The second-order valence-electron chi connectivity index (χ2n) is 4.94. The molecule has 1 aromatic rings. The quantitative estimate of drug-likeness (QED) is 0.851. The molecule has 0 aliphatic carbocycles. The number of rotatable bonds is 6. The first-order valence-corrected chi connectivity index (χ1v) is 8.59. The molecule has 1 aliphatic rings. The van der Waals surface area contributed by atoms with E-state index < -0.39 is 16.6 Å². The summed E-state index contributed by atoms with van der Waals surface area (Å²) in [5.74, 6) is -0.246. The van der Waals surface area contributed by atoms with E-state index in [-0.39, 0.29) is 21.7 Å². The van der Waals surface area contributed by atoms with Gasteiger partial charge in [0.05, 0.1) is 9.92 Å². The summed E-state index contributed by atoms with van der Waals surface area (Å²) in [7, 11) is -1.95. The predicted octanol–water partition coefficient (Wildman–Crippen LogP) is 2.31.